The molecule has 1 atom stereocenters. The number of rotatable bonds is 6. The van der Waals surface area contributed by atoms with E-state index in [2.05, 4.69) is 49.5 Å². The molecule has 2 heterocycles. The molecule has 2 aromatic rings. The molecule has 3 rings (SSSR count). The zero-order valence-corrected chi connectivity index (χ0v) is 17.2. The SMILES string of the molecule is CCC(C(=O)Nc1c(C)cccc1C)[N+]1(Cc2cnn(C)c2)CCCCC1. The Morgan fingerprint density at radius 2 is 1.89 bits per heavy atom. The summed E-state index contributed by atoms with van der Waals surface area (Å²) in [7, 11) is 1.95. The summed E-state index contributed by atoms with van der Waals surface area (Å²) in [6.45, 7) is 9.27. The number of quaternary nitrogens is 1. The van der Waals surface area contributed by atoms with Crippen LogP contribution in [0.2, 0.25) is 0 Å². The molecule has 5 heteroatoms. The molecule has 1 amide bonds. The van der Waals surface area contributed by atoms with Gasteiger partial charge in [-0.3, -0.25) is 9.48 Å². The molecule has 27 heavy (non-hydrogen) atoms. The van der Waals surface area contributed by atoms with E-state index < -0.39 is 0 Å². The van der Waals surface area contributed by atoms with Gasteiger partial charge in [0.15, 0.2) is 6.04 Å². The smallest absolute Gasteiger partial charge is 0.282 e. The number of likely N-dealkylation sites (tertiary alicyclic amines) is 1. The number of aromatic nitrogens is 2. The number of carbonyl (C=O) groups is 1. The number of piperidine rings is 1. The van der Waals surface area contributed by atoms with Gasteiger partial charge in [-0.15, -0.1) is 0 Å². The van der Waals surface area contributed by atoms with Crippen LogP contribution in [-0.4, -0.2) is 39.3 Å². The van der Waals surface area contributed by atoms with E-state index in [0.29, 0.717) is 0 Å². The predicted octanol–water partition coefficient (Wildman–Crippen LogP) is 3.95. The third kappa shape index (κ3) is 4.24. The molecule has 1 aliphatic heterocycles. The van der Waals surface area contributed by atoms with Crippen LogP contribution in [-0.2, 0) is 18.4 Å². The van der Waals surface area contributed by atoms with Crippen LogP contribution in [0.4, 0.5) is 5.69 Å². The number of hydrogen-bond donors (Lipinski definition) is 1. The van der Waals surface area contributed by atoms with Crippen LogP contribution in [0.3, 0.4) is 0 Å². The van der Waals surface area contributed by atoms with E-state index in [1.807, 2.05) is 24.0 Å². The summed E-state index contributed by atoms with van der Waals surface area (Å²) in [5.74, 6) is 0.153. The van der Waals surface area contributed by atoms with Crippen molar-refractivity contribution in [2.75, 3.05) is 18.4 Å². The lowest BCUT2D eigenvalue weighted by atomic mass is 9.99. The molecule has 0 aliphatic carbocycles. The van der Waals surface area contributed by atoms with E-state index >= 15 is 0 Å². The molecule has 1 saturated heterocycles. The van der Waals surface area contributed by atoms with E-state index in [1.54, 1.807) is 0 Å². The molecule has 1 aromatic carbocycles. The van der Waals surface area contributed by atoms with Crippen LogP contribution in [0.5, 0.6) is 0 Å². The number of para-hydroxylation sites is 1. The average molecular weight is 370 g/mol. The highest BCUT2D eigenvalue weighted by Gasteiger charge is 2.42. The third-order valence-corrected chi connectivity index (χ3v) is 6.04. The summed E-state index contributed by atoms with van der Waals surface area (Å²) in [4.78, 5) is 13.4. The zero-order chi connectivity index (χ0) is 19.4. The first kappa shape index (κ1) is 19.6. The van der Waals surface area contributed by atoms with Crippen LogP contribution in [0, 0.1) is 13.8 Å². The van der Waals surface area contributed by atoms with Crippen molar-refractivity contribution in [1.29, 1.82) is 0 Å². The third-order valence-electron chi connectivity index (χ3n) is 6.04. The Morgan fingerprint density at radius 3 is 2.44 bits per heavy atom. The molecular formula is C22H33N4O+. The molecule has 1 unspecified atom stereocenters. The number of hydrogen-bond acceptors (Lipinski definition) is 2. The lowest BCUT2D eigenvalue weighted by Gasteiger charge is -2.46. The zero-order valence-electron chi connectivity index (χ0n) is 17.2. The first-order chi connectivity index (χ1) is 12.9. The van der Waals surface area contributed by atoms with E-state index in [0.717, 1.165) is 47.4 Å². The minimum Gasteiger partial charge on any atom is -0.320 e. The maximum absolute atomic E-state index is 13.4. The molecule has 1 fully saturated rings. The van der Waals surface area contributed by atoms with Gasteiger partial charge in [0, 0.05) is 30.9 Å². The summed E-state index contributed by atoms with van der Waals surface area (Å²) < 4.78 is 2.70. The van der Waals surface area contributed by atoms with Gasteiger partial charge in [-0.1, -0.05) is 25.1 Å². The monoisotopic (exact) mass is 369 g/mol. The lowest BCUT2D eigenvalue weighted by Crippen LogP contribution is -2.61. The second-order valence-electron chi connectivity index (χ2n) is 8.09. The predicted molar refractivity (Wildman–Crippen MR) is 109 cm³/mol. The largest absolute Gasteiger partial charge is 0.320 e. The Labute approximate surface area is 163 Å². The molecular weight excluding hydrogens is 336 g/mol. The van der Waals surface area contributed by atoms with Gasteiger partial charge in [0.25, 0.3) is 5.91 Å². The molecule has 0 saturated carbocycles. The van der Waals surface area contributed by atoms with Gasteiger partial charge < -0.3 is 9.80 Å². The quantitative estimate of drug-likeness (QED) is 0.784. The number of benzene rings is 1. The van der Waals surface area contributed by atoms with Crippen LogP contribution in [0.1, 0.15) is 49.3 Å². The highest BCUT2D eigenvalue weighted by Crippen LogP contribution is 2.30. The fourth-order valence-corrected chi connectivity index (χ4v) is 4.68. The summed E-state index contributed by atoms with van der Waals surface area (Å²) >= 11 is 0. The van der Waals surface area contributed by atoms with Crippen LogP contribution in [0.25, 0.3) is 0 Å². The maximum atomic E-state index is 13.4. The maximum Gasteiger partial charge on any atom is 0.282 e. The summed E-state index contributed by atoms with van der Waals surface area (Å²) in [5, 5.41) is 7.61. The number of anilines is 1. The highest BCUT2D eigenvalue weighted by molar-refractivity contribution is 5.95. The second kappa shape index (κ2) is 8.26. The van der Waals surface area contributed by atoms with E-state index in [-0.39, 0.29) is 11.9 Å². The normalized spacial score (nSPS) is 17.5. The first-order valence-electron chi connectivity index (χ1n) is 10.2. The van der Waals surface area contributed by atoms with Crippen LogP contribution in [0.15, 0.2) is 30.6 Å². The minimum absolute atomic E-state index is 0.0375. The highest BCUT2D eigenvalue weighted by atomic mass is 16.2. The number of aryl methyl sites for hydroxylation is 3. The molecule has 5 nitrogen and oxygen atoms in total. The summed E-state index contributed by atoms with van der Waals surface area (Å²) in [6.07, 6.45) is 8.52. The topological polar surface area (TPSA) is 46.9 Å². The molecule has 0 radical (unpaired) electrons. The van der Waals surface area contributed by atoms with E-state index in [9.17, 15) is 4.79 Å². The Hall–Kier alpha value is -2.14. The number of nitrogens with zero attached hydrogens (tertiary/aromatic N) is 3. The van der Waals surface area contributed by atoms with Gasteiger partial charge in [-0.2, -0.15) is 5.10 Å². The molecule has 146 valence electrons. The van der Waals surface area contributed by atoms with Gasteiger partial charge in [0.2, 0.25) is 0 Å². The van der Waals surface area contributed by atoms with Crippen molar-refractivity contribution in [1.82, 2.24) is 9.78 Å². The standard InChI is InChI=1S/C22H32N4O/c1-5-20(22(27)24-21-17(2)10-9-11-18(21)3)26(12-7-6-8-13-26)16-19-14-23-25(4)15-19/h9-11,14-15,20H,5-8,12-13,16H2,1-4H3/p+1. The fraction of sp³-hybridized carbons (Fsp3) is 0.545. The molecule has 1 aliphatic rings. The number of carbonyl (C=O) groups excluding carboxylic acids is 1. The van der Waals surface area contributed by atoms with Crippen LogP contribution < -0.4 is 5.32 Å². The average Bonchev–Trinajstić information content (AvgIpc) is 3.04. The van der Waals surface area contributed by atoms with Crippen molar-refractivity contribution < 1.29 is 9.28 Å². The van der Waals surface area contributed by atoms with Gasteiger partial charge in [-0.25, -0.2) is 0 Å². The fourth-order valence-electron chi connectivity index (χ4n) is 4.68. The molecule has 1 N–H and O–H groups in total. The Morgan fingerprint density at radius 1 is 1.22 bits per heavy atom. The van der Waals surface area contributed by atoms with Crippen molar-refractivity contribution in [3.63, 3.8) is 0 Å². The number of nitrogens with one attached hydrogen (secondary N) is 1. The second-order valence-corrected chi connectivity index (χ2v) is 8.09. The summed E-state index contributed by atoms with van der Waals surface area (Å²) in [6, 6.07) is 6.12. The van der Waals surface area contributed by atoms with Gasteiger partial charge >= 0.3 is 0 Å². The van der Waals surface area contributed by atoms with Crippen molar-refractivity contribution >= 4 is 11.6 Å². The first-order valence-corrected chi connectivity index (χ1v) is 10.2. The number of amides is 1. The molecule has 0 bridgehead atoms. The van der Waals surface area contributed by atoms with Crippen molar-refractivity contribution in [2.45, 2.75) is 59.0 Å². The van der Waals surface area contributed by atoms with Crippen LogP contribution >= 0.6 is 0 Å². The minimum atomic E-state index is -0.0375. The Bertz CT molecular complexity index is 769. The molecule has 0 spiro atoms. The van der Waals surface area contributed by atoms with Crippen molar-refractivity contribution in [3.8, 4) is 0 Å². The van der Waals surface area contributed by atoms with E-state index in [1.165, 1.54) is 24.8 Å². The Kier molecular flexibility index (Phi) is 6.00. The van der Waals surface area contributed by atoms with E-state index in [4.69, 9.17) is 0 Å². The van der Waals surface area contributed by atoms with Gasteiger partial charge in [0.05, 0.1) is 19.3 Å². The van der Waals surface area contributed by atoms with Gasteiger partial charge in [0.1, 0.15) is 6.54 Å². The Balaban J connectivity index is 1.87. The van der Waals surface area contributed by atoms with Gasteiger partial charge in [-0.05, 0) is 44.2 Å². The molecule has 1 aromatic heterocycles. The van der Waals surface area contributed by atoms with Crippen molar-refractivity contribution in [2.24, 2.45) is 7.05 Å². The van der Waals surface area contributed by atoms with Crippen molar-refractivity contribution in [3.05, 3.63) is 47.3 Å². The summed E-state index contributed by atoms with van der Waals surface area (Å²) in [5.41, 5.74) is 4.43. The lowest BCUT2D eigenvalue weighted by molar-refractivity contribution is -0.959.